The molecule has 0 aliphatic rings. The van der Waals surface area contributed by atoms with Crippen LogP contribution in [-0.4, -0.2) is 27.8 Å². The average Bonchev–Trinajstić information content (AvgIpc) is 2.39. The van der Waals surface area contributed by atoms with Crippen LogP contribution in [0.4, 0.5) is 0 Å². The largest absolute Gasteiger partial charge is 0.496 e. The minimum Gasteiger partial charge on any atom is -0.496 e. The van der Waals surface area contributed by atoms with Gasteiger partial charge in [-0.1, -0.05) is 13.8 Å². The maximum atomic E-state index is 5.51. The molecule has 1 unspecified atom stereocenters. The highest BCUT2D eigenvalue weighted by molar-refractivity contribution is 5.46. The first-order chi connectivity index (χ1) is 9.03. The molecule has 1 N–H and O–H groups in total. The Morgan fingerprint density at radius 1 is 1.11 bits per heavy atom. The van der Waals surface area contributed by atoms with Gasteiger partial charge in [0.15, 0.2) is 0 Å². The zero-order chi connectivity index (χ0) is 14.4. The van der Waals surface area contributed by atoms with Gasteiger partial charge in [0, 0.05) is 0 Å². The summed E-state index contributed by atoms with van der Waals surface area (Å²) in [5.41, 5.74) is 2.33. The third kappa shape index (κ3) is 4.13. The molecule has 19 heavy (non-hydrogen) atoms. The van der Waals surface area contributed by atoms with Crippen molar-refractivity contribution in [1.82, 2.24) is 5.32 Å². The van der Waals surface area contributed by atoms with Crippen LogP contribution >= 0.6 is 0 Å². The van der Waals surface area contributed by atoms with E-state index in [1.54, 1.807) is 14.2 Å². The lowest BCUT2D eigenvalue weighted by molar-refractivity contribution is 0.355. The van der Waals surface area contributed by atoms with E-state index < -0.39 is 0 Å². The van der Waals surface area contributed by atoms with Gasteiger partial charge in [-0.2, -0.15) is 0 Å². The van der Waals surface area contributed by atoms with Gasteiger partial charge in [-0.15, -0.1) is 0 Å². The third-order valence-electron chi connectivity index (χ3n) is 3.69. The van der Waals surface area contributed by atoms with E-state index in [0.717, 1.165) is 30.0 Å². The Hall–Kier alpha value is -1.22. The molecular weight excluding hydrogens is 238 g/mol. The zero-order valence-corrected chi connectivity index (χ0v) is 13.0. The maximum absolute atomic E-state index is 5.51. The van der Waals surface area contributed by atoms with Crippen molar-refractivity contribution in [2.45, 2.75) is 27.2 Å². The smallest absolute Gasteiger partial charge is 0.122 e. The lowest BCUT2D eigenvalue weighted by Crippen LogP contribution is -2.25. The number of ether oxygens (including phenoxy) is 2. The van der Waals surface area contributed by atoms with E-state index in [4.69, 9.17) is 9.47 Å². The Bertz CT molecular complexity index is 402. The summed E-state index contributed by atoms with van der Waals surface area (Å²) in [5.74, 6) is 3.11. The van der Waals surface area contributed by atoms with Crippen molar-refractivity contribution in [3.63, 3.8) is 0 Å². The second-order valence-electron chi connectivity index (χ2n) is 5.40. The van der Waals surface area contributed by atoms with Crippen LogP contribution in [0.5, 0.6) is 11.5 Å². The van der Waals surface area contributed by atoms with Gasteiger partial charge in [-0.25, -0.2) is 0 Å². The van der Waals surface area contributed by atoms with Crippen LogP contribution in [0.15, 0.2) is 12.1 Å². The fraction of sp³-hybridized carbons (Fsp3) is 0.625. The number of aryl methyl sites for hydroxylation is 1. The van der Waals surface area contributed by atoms with Gasteiger partial charge >= 0.3 is 0 Å². The molecule has 3 heteroatoms. The number of benzene rings is 1. The molecule has 0 aliphatic carbocycles. The summed E-state index contributed by atoms with van der Waals surface area (Å²) in [6.45, 7) is 7.58. The predicted octanol–water partition coefficient (Wildman–Crippen LogP) is 3.05. The van der Waals surface area contributed by atoms with E-state index in [9.17, 15) is 0 Å². The molecule has 0 radical (unpaired) electrons. The lowest BCUT2D eigenvalue weighted by Gasteiger charge is -2.22. The van der Waals surface area contributed by atoms with Crippen LogP contribution in [0, 0.1) is 18.8 Å². The number of hydrogen-bond acceptors (Lipinski definition) is 3. The molecule has 0 heterocycles. The Labute approximate surface area is 117 Å². The van der Waals surface area contributed by atoms with Crippen molar-refractivity contribution >= 4 is 0 Å². The van der Waals surface area contributed by atoms with E-state index in [-0.39, 0.29) is 0 Å². The van der Waals surface area contributed by atoms with Gasteiger partial charge < -0.3 is 14.8 Å². The fourth-order valence-corrected chi connectivity index (χ4v) is 2.36. The van der Waals surface area contributed by atoms with E-state index >= 15 is 0 Å². The van der Waals surface area contributed by atoms with Crippen molar-refractivity contribution in [3.8, 4) is 11.5 Å². The summed E-state index contributed by atoms with van der Waals surface area (Å²) in [6.07, 6.45) is 0.998. The molecule has 0 aromatic heterocycles. The van der Waals surface area contributed by atoms with Crippen molar-refractivity contribution in [3.05, 3.63) is 23.3 Å². The lowest BCUT2D eigenvalue weighted by atomic mass is 9.88. The summed E-state index contributed by atoms with van der Waals surface area (Å²) in [4.78, 5) is 0. The predicted molar refractivity (Wildman–Crippen MR) is 80.2 cm³/mol. The molecule has 0 aliphatic heterocycles. The molecule has 108 valence electrons. The van der Waals surface area contributed by atoms with Gasteiger partial charge in [0.1, 0.15) is 11.5 Å². The quantitative estimate of drug-likeness (QED) is 0.822. The normalized spacial score (nSPS) is 12.6. The first-order valence-electron chi connectivity index (χ1n) is 6.89. The molecule has 1 aromatic rings. The number of nitrogens with one attached hydrogen (secondary N) is 1. The van der Waals surface area contributed by atoms with Gasteiger partial charge in [0.2, 0.25) is 0 Å². The van der Waals surface area contributed by atoms with Crippen LogP contribution < -0.4 is 14.8 Å². The van der Waals surface area contributed by atoms with Crippen molar-refractivity contribution < 1.29 is 9.47 Å². The molecule has 0 saturated heterocycles. The Morgan fingerprint density at radius 2 is 1.74 bits per heavy atom. The second kappa shape index (κ2) is 7.39. The Morgan fingerprint density at radius 3 is 2.21 bits per heavy atom. The fourth-order valence-electron chi connectivity index (χ4n) is 2.36. The molecule has 0 saturated carbocycles. The van der Waals surface area contributed by atoms with E-state index in [1.165, 1.54) is 5.56 Å². The highest BCUT2D eigenvalue weighted by Gasteiger charge is 2.17. The summed E-state index contributed by atoms with van der Waals surface area (Å²) in [5, 5.41) is 3.27. The van der Waals surface area contributed by atoms with Crippen molar-refractivity contribution in [1.29, 1.82) is 0 Å². The van der Waals surface area contributed by atoms with Crippen molar-refractivity contribution in [2.75, 3.05) is 27.8 Å². The molecule has 0 fully saturated rings. The molecule has 1 rings (SSSR count). The second-order valence-corrected chi connectivity index (χ2v) is 5.40. The average molecular weight is 265 g/mol. The molecule has 1 atom stereocenters. The summed E-state index contributed by atoms with van der Waals surface area (Å²) in [6, 6.07) is 4.17. The number of rotatable bonds is 7. The van der Waals surface area contributed by atoms with Crippen molar-refractivity contribution in [2.24, 2.45) is 11.8 Å². The van der Waals surface area contributed by atoms with Gasteiger partial charge in [-0.05, 0) is 62.0 Å². The Kier molecular flexibility index (Phi) is 6.16. The minimum absolute atomic E-state index is 0.589. The van der Waals surface area contributed by atoms with Gasteiger partial charge in [-0.3, -0.25) is 0 Å². The minimum atomic E-state index is 0.589. The molecule has 3 nitrogen and oxygen atoms in total. The zero-order valence-electron chi connectivity index (χ0n) is 13.0. The summed E-state index contributed by atoms with van der Waals surface area (Å²) < 4.78 is 10.9. The first kappa shape index (κ1) is 15.8. The van der Waals surface area contributed by atoms with Gasteiger partial charge in [0.05, 0.1) is 14.2 Å². The SMILES string of the molecule is CNCC(Cc1cc(OC)c(C)cc1OC)C(C)C. The van der Waals surface area contributed by atoms with Crippen LogP contribution in [0.2, 0.25) is 0 Å². The maximum Gasteiger partial charge on any atom is 0.122 e. The molecule has 0 amide bonds. The first-order valence-corrected chi connectivity index (χ1v) is 6.89. The standard InChI is InChI=1S/C16H27NO2/c1-11(2)14(10-17-4)8-13-9-15(18-5)12(3)7-16(13)19-6/h7,9,11,14,17H,8,10H2,1-6H3. The monoisotopic (exact) mass is 265 g/mol. The summed E-state index contributed by atoms with van der Waals surface area (Å²) >= 11 is 0. The van der Waals surface area contributed by atoms with Crippen LogP contribution in [-0.2, 0) is 6.42 Å². The van der Waals surface area contributed by atoms with Gasteiger partial charge in [0.25, 0.3) is 0 Å². The van der Waals surface area contributed by atoms with E-state index in [1.807, 2.05) is 14.0 Å². The highest BCUT2D eigenvalue weighted by Crippen LogP contribution is 2.31. The molecular formula is C16H27NO2. The molecule has 1 aromatic carbocycles. The van der Waals surface area contributed by atoms with Crippen LogP contribution in [0.1, 0.15) is 25.0 Å². The van der Waals surface area contributed by atoms with E-state index in [0.29, 0.717) is 11.8 Å². The highest BCUT2D eigenvalue weighted by atomic mass is 16.5. The van der Waals surface area contributed by atoms with Crippen LogP contribution in [0.3, 0.4) is 0 Å². The molecule has 0 bridgehead atoms. The summed E-state index contributed by atoms with van der Waals surface area (Å²) in [7, 11) is 5.45. The number of methoxy groups -OCH3 is 2. The Balaban J connectivity index is 3.03. The van der Waals surface area contributed by atoms with E-state index in [2.05, 4.69) is 31.3 Å². The molecule has 0 spiro atoms. The topological polar surface area (TPSA) is 30.5 Å². The third-order valence-corrected chi connectivity index (χ3v) is 3.69. The van der Waals surface area contributed by atoms with Crippen LogP contribution in [0.25, 0.3) is 0 Å². The number of hydrogen-bond donors (Lipinski definition) is 1.